The van der Waals surface area contributed by atoms with Gasteiger partial charge in [-0.05, 0) is 6.92 Å². The molecule has 1 aliphatic heterocycles. The molecule has 0 spiro atoms. The van der Waals surface area contributed by atoms with Gasteiger partial charge >= 0.3 is 0 Å². The fraction of sp³-hybridized carbons (Fsp3) is 0.917. The van der Waals surface area contributed by atoms with E-state index in [0.29, 0.717) is 13.2 Å². The highest BCUT2D eigenvalue weighted by atomic mass is 16.5. The highest BCUT2D eigenvalue weighted by molar-refractivity contribution is 5.80. The fourth-order valence-corrected chi connectivity index (χ4v) is 2.00. The van der Waals surface area contributed by atoms with Crippen LogP contribution in [0.4, 0.5) is 0 Å². The molecule has 0 unspecified atom stereocenters. The Balaban J connectivity index is 2.17. The van der Waals surface area contributed by atoms with E-state index in [1.807, 2.05) is 11.8 Å². The second kappa shape index (κ2) is 7.63. The number of amides is 1. The van der Waals surface area contributed by atoms with Crippen molar-refractivity contribution in [3.05, 3.63) is 0 Å². The lowest BCUT2D eigenvalue weighted by Gasteiger charge is -2.28. The summed E-state index contributed by atoms with van der Waals surface area (Å²) in [5.41, 5.74) is 0. The van der Waals surface area contributed by atoms with Crippen molar-refractivity contribution >= 4 is 5.91 Å². The zero-order chi connectivity index (χ0) is 12.7. The minimum atomic E-state index is 0.0465. The van der Waals surface area contributed by atoms with E-state index in [4.69, 9.17) is 4.74 Å². The van der Waals surface area contributed by atoms with E-state index < -0.39 is 0 Å². The van der Waals surface area contributed by atoms with Gasteiger partial charge in [0, 0.05) is 19.5 Å². The first-order valence-electron chi connectivity index (χ1n) is 6.60. The fourth-order valence-electron chi connectivity index (χ4n) is 2.00. The monoisotopic (exact) mass is 245 g/mol. The molecule has 5 heteroatoms. The molecule has 0 saturated carbocycles. The quantitative estimate of drug-likeness (QED) is 0.502. The molecule has 0 radical (unpaired) electrons. The van der Waals surface area contributed by atoms with E-state index in [1.165, 1.54) is 4.90 Å². The second-order valence-corrected chi connectivity index (χ2v) is 5.06. The predicted molar refractivity (Wildman–Crippen MR) is 65.9 cm³/mol. The number of hydrogen-bond donors (Lipinski definition) is 2. The second-order valence-electron chi connectivity index (χ2n) is 5.06. The van der Waals surface area contributed by atoms with Gasteiger partial charge in [-0.3, -0.25) is 4.79 Å². The first kappa shape index (κ1) is 14.4. The average Bonchev–Trinajstić information content (AvgIpc) is 2.34. The molecule has 100 valence electrons. The van der Waals surface area contributed by atoms with Crippen LogP contribution in [0.25, 0.3) is 0 Å². The molecule has 1 heterocycles. The Morgan fingerprint density at radius 2 is 2.06 bits per heavy atom. The number of quaternary nitrogens is 2. The van der Waals surface area contributed by atoms with Crippen molar-refractivity contribution in [3.63, 3.8) is 0 Å². The molecule has 0 aromatic rings. The van der Waals surface area contributed by atoms with Gasteiger partial charge in [-0.1, -0.05) is 0 Å². The zero-order valence-corrected chi connectivity index (χ0v) is 11.4. The number of carbonyl (C=O) groups excluding carboxylic acids is 1. The Kier molecular flexibility index (Phi) is 6.47. The number of carbonyl (C=O) groups is 1. The lowest BCUT2D eigenvalue weighted by Crippen LogP contribution is -3.06. The Bertz CT molecular complexity index is 228. The molecule has 1 rings (SSSR count). The van der Waals surface area contributed by atoms with Gasteiger partial charge in [0.2, 0.25) is 0 Å². The number of nitrogens with one attached hydrogen (secondary N) is 1. The van der Waals surface area contributed by atoms with Gasteiger partial charge < -0.3 is 19.9 Å². The third-order valence-corrected chi connectivity index (χ3v) is 3.11. The van der Waals surface area contributed by atoms with Crippen LogP contribution in [0.5, 0.6) is 0 Å². The van der Waals surface area contributed by atoms with Gasteiger partial charge in [-0.25, -0.2) is 0 Å². The lowest BCUT2D eigenvalue weighted by atomic mass is 10.2. The molecule has 17 heavy (non-hydrogen) atoms. The normalized spacial score (nSPS) is 18.5. The minimum Gasteiger partial charge on any atom is -0.378 e. The van der Waals surface area contributed by atoms with Gasteiger partial charge in [-0.15, -0.1) is 0 Å². The third-order valence-electron chi connectivity index (χ3n) is 3.11. The largest absolute Gasteiger partial charge is 0.378 e. The molecule has 1 amide bonds. The topological polar surface area (TPSA) is 50.6 Å². The zero-order valence-electron chi connectivity index (χ0n) is 11.4. The van der Waals surface area contributed by atoms with Crippen molar-refractivity contribution in [2.75, 3.05) is 53.5 Å². The number of nitrogens with two attached hydrogens (primary N) is 1. The van der Waals surface area contributed by atoms with Crippen LogP contribution in [0.15, 0.2) is 0 Å². The van der Waals surface area contributed by atoms with E-state index in [2.05, 4.69) is 19.4 Å². The number of morpholine rings is 1. The van der Waals surface area contributed by atoms with E-state index in [-0.39, 0.29) is 11.9 Å². The van der Waals surface area contributed by atoms with Crippen molar-refractivity contribution in [1.29, 1.82) is 0 Å². The highest BCUT2D eigenvalue weighted by Crippen LogP contribution is 1.98. The Hall–Kier alpha value is -0.650. The van der Waals surface area contributed by atoms with E-state index >= 15 is 0 Å². The summed E-state index contributed by atoms with van der Waals surface area (Å²) in [6.07, 6.45) is 1.16. The summed E-state index contributed by atoms with van der Waals surface area (Å²) >= 11 is 0. The molecular formula is C12H27N3O2+2. The molecule has 5 nitrogen and oxygen atoms in total. The van der Waals surface area contributed by atoms with Gasteiger partial charge in [0.25, 0.3) is 5.91 Å². The van der Waals surface area contributed by atoms with Crippen LogP contribution in [0, 0.1) is 0 Å². The molecule has 1 aliphatic rings. The molecule has 1 saturated heterocycles. The maximum absolute atomic E-state index is 12.1. The number of rotatable bonds is 6. The molecule has 1 atom stereocenters. The molecule has 3 N–H and O–H groups in total. The summed E-state index contributed by atoms with van der Waals surface area (Å²) < 4.78 is 5.25. The summed E-state index contributed by atoms with van der Waals surface area (Å²) in [5.74, 6) is 0.255. The van der Waals surface area contributed by atoms with Gasteiger partial charge in [0.15, 0.2) is 6.04 Å². The molecule has 0 bridgehead atoms. The number of ether oxygens (including phenoxy) is 1. The maximum atomic E-state index is 12.1. The standard InChI is InChI=1S/C12H25N3O2/c1-11(13-5-4-6-14(2)3)12(16)15-7-9-17-10-8-15/h11,13H,4-10H2,1-3H3/p+2/t11-/m1/s1. The Morgan fingerprint density at radius 3 is 2.65 bits per heavy atom. The molecule has 0 aliphatic carbocycles. The molecule has 0 aromatic carbocycles. The summed E-state index contributed by atoms with van der Waals surface area (Å²) in [5, 5.41) is 2.15. The molecule has 0 aromatic heterocycles. The third kappa shape index (κ3) is 5.48. The minimum absolute atomic E-state index is 0.0465. The maximum Gasteiger partial charge on any atom is 0.280 e. The Labute approximate surface area is 104 Å². The summed E-state index contributed by atoms with van der Waals surface area (Å²) in [4.78, 5) is 15.4. The predicted octanol–water partition coefficient (Wildman–Crippen LogP) is -2.67. The van der Waals surface area contributed by atoms with Crippen LogP contribution in [0.3, 0.4) is 0 Å². The van der Waals surface area contributed by atoms with Crippen molar-refractivity contribution in [2.24, 2.45) is 0 Å². The Morgan fingerprint density at radius 1 is 1.41 bits per heavy atom. The SMILES string of the molecule is C[C@@H]([NH2+]CCC[NH+](C)C)C(=O)N1CCOCC1. The number of nitrogens with zero attached hydrogens (tertiary/aromatic N) is 1. The van der Waals surface area contributed by atoms with Crippen molar-refractivity contribution in [3.8, 4) is 0 Å². The number of hydrogen-bond acceptors (Lipinski definition) is 2. The van der Waals surface area contributed by atoms with Crippen LogP contribution >= 0.6 is 0 Å². The average molecular weight is 245 g/mol. The summed E-state index contributed by atoms with van der Waals surface area (Å²) in [6.45, 7) is 7.06. The summed E-state index contributed by atoms with van der Waals surface area (Å²) in [7, 11) is 4.31. The highest BCUT2D eigenvalue weighted by Gasteiger charge is 2.24. The van der Waals surface area contributed by atoms with Crippen molar-refractivity contribution in [2.45, 2.75) is 19.4 Å². The van der Waals surface area contributed by atoms with Crippen LogP contribution in [0.2, 0.25) is 0 Å². The van der Waals surface area contributed by atoms with Gasteiger partial charge in [0.1, 0.15) is 0 Å². The van der Waals surface area contributed by atoms with Crippen molar-refractivity contribution < 1.29 is 19.7 Å². The van der Waals surface area contributed by atoms with E-state index in [0.717, 1.165) is 32.6 Å². The lowest BCUT2D eigenvalue weighted by molar-refractivity contribution is -0.860. The first-order valence-corrected chi connectivity index (χ1v) is 6.60. The van der Waals surface area contributed by atoms with Gasteiger partial charge in [-0.2, -0.15) is 0 Å². The first-order chi connectivity index (χ1) is 8.11. The van der Waals surface area contributed by atoms with Crippen molar-refractivity contribution in [1.82, 2.24) is 4.90 Å². The van der Waals surface area contributed by atoms with Crippen LogP contribution < -0.4 is 10.2 Å². The van der Waals surface area contributed by atoms with Crippen LogP contribution in [-0.2, 0) is 9.53 Å². The van der Waals surface area contributed by atoms with Crippen LogP contribution in [0.1, 0.15) is 13.3 Å². The molecule has 1 fully saturated rings. The molecular weight excluding hydrogens is 218 g/mol. The smallest absolute Gasteiger partial charge is 0.280 e. The van der Waals surface area contributed by atoms with E-state index in [1.54, 1.807) is 0 Å². The van der Waals surface area contributed by atoms with E-state index in [9.17, 15) is 4.79 Å². The van der Waals surface area contributed by atoms with Crippen LogP contribution in [-0.4, -0.2) is 70.3 Å². The summed E-state index contributed by atoms with van der Waals surface area (Å²) in [6, 6.07) is 0.0465. The van der Waals surface area contributed by atoms with Gasteiger partial charge in [0.05, 0.1) is 40.4 Å².